The summed E-state index contributed by atoms with van der Waals surface area (Å²) in [5, 5.41) is 2.85. The van der Waals surface area contributed by atoms with Crippen LogP contribution >= 0.6 is 12.4 Å². The number of nitrogens with one attached hydrogen (secondary N) is 1. The lowest BCUT2D eigenvalue weighted by molar-refractivity contribution is -0.134. The molecule has 2 unspecified atom stereocenters. The molecular weight excluding hydrogens is 330 g/mol. The van der Waals surface area contributed by atoms with Gasteiger partial charge in [-0.2, -0.15) is 0 Å². The summed E-state index contributed by atoms with van der Waals surface area (Å²) in [5.74, 6) is -0.271. The molecule has 0 radical (unpaired) electrons. The number of ether oxygens (including phenoxy) is 1. The smallest absolute Gasteiger partial charge is 0.249 e. The Hall–Kier alpha value is -1.63. The topological polar surface area (TPSA) is 84.7 Å². The molecule has 6 nitrogen and oxygen atoms in total. The predicted molar refractivity (Wildman–Crippen MR) is 94.1 cm³/mol. The number of anilines is 1. The van der Waals surface area contributed by atoms with Gasteiger partial charge in [-0.3, -0.25) is 9.59 Å². The lowest BCUT2D eigenvalue weighted by Crippen LogP contribution is -2.46. The summed E-state index contributed by atoms with van der Waals surface area (Å²) in [6.07, 6.45) is 1.51. The van der Waals surface area contributed by atoms with Crippen molar-refractivity contribution in [3.63, 3.8) is 0 Å². The van der Waals surface area contributed by atoms with Gasteiger partial charge in [-0.25, -0.2) is 0 Å². The summed E-state index contributed by atoms with van der Waals surface area (Å²) in [7, 11) is 0. The number of benzene rings is 1. The highest BCUT2D eigenvalue weighted by Gasteiger charge is 2.40. The zero-order chi connectivity index (χ0) is 16.4. The van der Waals surface area contributed by atoms with Crippen molar-refractivity contribution in [1.29, 1.82) is 0 Å². The minimum absolute atomic E-state index is 0. The SMILES string of the molecule is CC1CC(NC(=O)[C@@H]2CC[C@H](CN)O2)C(=O)N1c1ccccc1.Cl. The summed E-state index contributed by atoms with van der Waals surface area (Å²) in [6.45, 7) is 2.42. The van der Waals surface area contributed by atoms with Crippen LogP contribution in [0.15, 0.2) is 30.3 Å². The van der Waals surface area contributed by atoms with E-state index in [1.807, 2.05) is 37.3 Å². The van der Waals surface area contributed by atoms with E-state index in [1.54, 1.807) is 4.90 Å². The van der Waals surface area contributed by atoms with Gasteiger partial charge in [0.1, 0.15) is 12.1 Å². The van der Waals surface area contributed by atoms with Gasteiger partial charge in [0.15, 0.2) is 0 Å². The highest BCUT2D eigenvalue weighted by atomic mass is 35.5. The second-order valence-corrected chi connectivity index (χ2v) is 6.25. The van der Waals surface area contributed by atoms with Crippen molar-refractivity contribution < 1.29 is 14.3 Å². The van der Waals surface area contributed by atoms with E-state index < -0.39 is 12.1 Å². The van der Waals surface area contributed by atoms with E-state index >= 15 is 0 Å². The van der Waals surface area contributed by atoms with E-state index in [-0.39, 0.29) is 36.4 Å². The molecule has 0 bridgehead atoms. The van der Waals surface area contributed by atoms with Crippen molar-refractivity contribution in [2.45, 2.75) is 50.5 Å². The fourth-order valence-corrected chi connectivity index (χ4v) is 3.36. The minimum atomic E-state index is -0.488. The second kappa shape index (κ2) is 7.96. The quantitative estimate of drug-likeness (QED) is 0.852. The van der Waals surface area contributed by atoms with Crippen LogP contribution in [-0.4, -0.2) is 42.7 Å². The maximum absolute atomic E-state index is 12.6. The normalized spacial score (nSPS) is 29.4. The fraction of sp³-hybridized carbons (Fsp3) is 0.529. The molecule has 2 fully saturated rings. The van der Waals surface area contributed by atoms with Crippen LogP contribution < -0.4 is 16.0 Å². The van der Waals surface area contributed by atoms with Crippen LogP contribution in [0.4, 0.5) is 5.69 Å². The number of carbonyl (C=O) groups is 2. The van der Waals surface area contributed by atoms with E-state index in [2.05, 4.69) is 5.32 Å². The number of hydrogen-bond donors (Lipinski definition) is 2. The Bertz CT molecular complexity index is 584. The zero-order valence-electron chi connectivity index (χ0n) is 13.7. The van der Waals surface area contributed by atoms with Crippen LogP contribution in [0.2, 0.25) is 0 Å². The zero-order valence-corrected chi connectivity index (χ0v) is 14.5. The third-order valence-electron chi connectivity index (χ3n) is 4.57. The van der Waals surface area contributed by atoms with Crippen molar-refractivity contribution >= 4 is 29.9 Å². The first-order valence-electron chi connectivity index (χ1n) is 8.14. The molecule has 132 valence electrons. The Kier molecular flexibility index (Phi) is 6.21. The van der Waals surface area contributed by atoms with E-state index in [1.165, 1.54) is 0 Å². The van der Waals surface area contributed by atoms with Crippen molar-refractivity contribution in [1.82, 2.24) is 5.32 Å². The molecule has 0 aliphatic carbocycles. The molecule has 2 saturated heterocycles. The fourth-order valence-electron chi connectivity index (χ4n) is 3.36. The largest absolute Gasteiger partial charge is 0.364 e. The van der Waals surface area contributed by atoms with Gasteiger partial charge in [0.25, 0.3) is 0 Å². The first-order valence-corrected chi connectivity index (χ1v) is 8.14. The molecule has 2 aliphatic rings. The summed E-state index contributed by atoms with van der Waals surface area (Å²) < 4.78 is 5.59. The Balaban J connectivity index is 0.00000208. The van der Waals surface area contributed by atoms with Gasteiger partial charge in [0.05, 0.1) is 6.10 Å². The van der Waals surface area contributed by atoms with Gasteiger partial charge in [0.2, 0.25) is 11.8 Å². The number of hydrogen-bond acceptors (Lipinski definition) is 4. The first kappa shape index (κ1) is 18.7. The molecule has 1 aromatic rings. The lowest BCUT2D eigenvalue weighted by Gasteiger charge is -2.21. The number of para-hydroxylation sites is 1. The number of nitrogens with two attached hydrogens (primary N) is 1. The molecule has 1 aromatic carbocycles. The Morgan fingerprint density at radius 1 is 1.33 bits per heavy atom. The molecule has 0 saturated carbocycles. The summed E-state index contributed by atoms with van der Waals surface area (Å²) in [4.78, 5) is 26.7. The Morgan fingerprint density at radius 2 is 2.04 bits per heavy atom. The summed E-state index contributed by atoms with van der Waals surface area (Å²) >= 11 is 0. The van der Waals surface area contributed by atoms with Crippen molar-refractivity contribution in [2.75, 3.05) is 11.4 Å². The number of amides is 2. The van der Waals surface area contributed by atoms with Crippen LogP contribution in [0.3, 0.4) is 0 Å². The first-order chi connectivity index (χ1) is 11.1. The van der Waals surface area contributed by atoms with Gasteiger partial charge in [-0.15, -0.1) is 12.4 Å². The standard InChI is InChI=1S/C17H23N3O3.ClH/c1-11-9-14(17(22)20(11)12-5-3-2-4-6-12)19-16(21)15-8-7-13(10-18)23-15;/h2-6,11,13-15H,7-10,18H2,1H3,(H,19,21);1H/t11?,13-,14?,15+;/m1./s1. The number of rotatable bonds is 4. The highest BCUT2D eigenvalue weighted by Crippen LogP contribution is 2.27. The maximum atomic E-state index is 12.6. The molecule has 3 N–H and O–H groups in total. The molecule has 7 heteroatoms. The molecule has 0 spiro atoms. The average molecular weight is 354 g/mol. The molecule has 2 amide bonds. The Morgan fingerprint density at radius 3 is 2.67 bits per heavy atom. The molecule has 3 rings (SSSR count). The van der Waals surface area contributed by atoms with Crippen LogP contribution in [0, 0.1) is 0 Å². The van der Waals surface area contributed by atoms with Crippen molar-refractivity contribution in [3.05, 3.63) is 30.3 Å². The second-order valence-electron chi connectivity index (χ2n) is 6.25. The lowest BCUT2D eigenvalue weighted by atomic mass is 10.1. The van der Waals surface area contributed by atoms with Gasteiger partial charge < -0.3 is 20.7 Å². The third kappa shape index (κ3) is 3.71. The van der Waals surface area contributed by atoms with Gasteiger partial charge in [-0.1, -0.05) is 18.2 Å². The van der Waals surface area contributed by atoms with E-state index in [9.17, 15) is 9.59 Å². The predicted octanol–water partition coefficient (Wildman–Crippen LogP) is 1.22. The molecule has 2 aliphatic heterocycles. The number of halogens is 1. The molecule has 0 aromatic heterocycles. The molecule has 4 atom stereocenters. The molecule has 2 heterocycles. The van der Waals surface area contributed by atoms with Crippen LogP contribution in [0.5, 0.6) is 0 Å². The summed E-state index contributed by atoms with van der Waals surface area (Å²) in [5.41, 5.74) is 6.43. The number of nitrogens with zero attached hydrogens (tertiary/aromatic N) is 1. The summed E-state index contributed by atoms with van der Waals surface area (Å²) in [6, 6.07) is 9.10. The van der Waals surface area contributed by atoms with Crippen LogP contribution in [0.1, 0.15) is 26.2 Å². The van der Waals surface area contributed by atoms with Gasteiger partial charge in [-0.05, 0) is 38.3 Å². The third-order valence-corrected chi connectivity index (χ3v) is 4.57. The van der Waals surface area contributed by atoms with Crippen LogP contribution in [-0.2, 0) is 14.3 Å². The van der Waals surface area contributed by atoms with E-state index in [0.717, 1.165) is 12.1 Å². The highest BCUT2D eigenvalue weighted by molar-refractivity contribution is 6.02. The van der Waals surface area contributed by atoms with Crippen molar-refractivity contribution in [2.24, 2.45) is 5.73 Å². The van der Waals surface area contributed by atoms with E-state index in [4.69, 9.17) is 10.5 Å². The van der Waals surface area contributed by atoms with Gasteiger partial charge in [0, 0.05) is 18.3 Å². The average Bonchev–Trinajstić information content (AvgIpc) is 3.14. The number of carbonyl (C=O) groups excluding carboxylic acids is 2. The maximum Gasteiger partial charge on any atom is 0.249 e. The molecular formula is C17H24ClN3O3. The molecule has 24 heavy (non-hydrogen) atoms. The minimum Gasteiger partial charge on any atom is -0.364 e. The monoisotopic (exact) mass is 353 g/mol. The van der Waals surface area contributed by atoms with Gasteiger partial charge >= 0.3 is 0 Å². The van der Waals surface area contributed by atoms with E-state index in [0.29, 0.717) is 19.4 Å². The Labute approximate surface area is 148 Å². The van der Waals surface area contributed by atoms with Crippen LogP contribution in [0.25, 0.3) is 0 Å². The van der Waals surface area contributed by atoms with Crippen molar-refractivity contribution in [3.8, 4) is 0 Å².